The van der Waals surface area contributed by atoms with Gasteiger partial charge in [0.2, 0.25) is 18.6 Å². The Kier molecular flexibility index (Phi) is 14.2. The molecule has 19 heteroatoms. The summed E-state index contributed by atoms with van der Waals surface area (Å²) in [5, 5.41) is 15.1. The summed E-state index contributed by atoms with van der Waals surface area (Å²) in [5.41, 5.74) is 5.80. The third-order valence-electron chi connectivity index (χ3n) is 13.1. The maximum absolute atomic E-state index is 14.1. The maximum Gasteiger partial charge on any atom is 0.408 e. The highest BCUT2D eigenvalue weighted by atomic mass is 16.7. The second-order valence-corrected chi connectivity index (χ2v) is 18.2. The Balaban J connectivity index is 0.785. The van der Waals surface area contributed by atoms with Crippen LogP contribution < -0.4 is 39.1 Å². The van der Waals surface area contributed by atoms with Crippen LogP contribution in [0.25, 0.3) is 11.1 Å². The number of fused-ring (bicyclic) bond motifs is 5. The van der Waals surface area contributed by atoms with Crippen LogP contribution in [0.2, 0.25) is 0 Å². The molecule has 73 heavy (non-hydrogen) atoms. The number of carbonyl (C=O) groups is 5. The lowest BCUT2D eigenvalue weighted by molar-refractivity contribution is -0.130. The summed E-state index contributed by atoms with van der Waals surface area (Å²) in [4.78, 5) is 79.8. The molecule has 4 aromatic rings. The number of benzene rings is 4. The van der Waals surface area contributed by atoms with Gasteiger partial charge in [0.25, 0.3) is 11.8 Å². The summed E-state index contributed by atoms with van der Waals surface area (Å²) in [7, 11) is 3.02. The van der Waals surface area contributed by atoms with Crippen molar-refractivity contribution in [2.75, 3.05) is 46.1 Å². The van der Waals surface area contributed by atoms with Gasteiger partial charge >= 0.3 is 6.09 Å². The van der Waals surface area contributed by atoms with Crippen molar-refractivity contribution in [2.45, 2.75) is 64.2 Å². The van der Waals surface area contributed by atoms with E-state index >= 15 is 0 Å². The Morgan fingerprint density at radius 3 is 1.85 bits per heavy atom. The van der Waals surface area contributed by atoms with E-state index < -0.39 is 30.0 Å². The van der Waals surface area contributed by atoms with Crippen LogP contribution in [0.15, 0.2) is 102 Å². The van der Waals surface area contributed by atoms with Gasteiger partial charge in [-0.3, -0.25) is 34.1 Å². The Labute approximate surface area is 421 Å². The van der Waals surface area contributed by atoms with E-state index in [4.69, 9.17) is 38.4 Å². The monoisotopic (exact) mass is 993 g/mol. The topological polar surface area (TPSA) is 219 Å². The van der Waals surface area contributed by atoms with Gasteiger partial charge in [-0.1, -0.05) is 38.1 Å². The Morgan fingerprint density at radius 1 is 0.767 bits per heavy atom. The van der Waals surface area contributed by atoms with E-state index in [0.29, 0.717) is 81.9 Å². The fourth-order valence-electron chi connectivity index (χ4n) is 9.30. The highest BCUT2D eigenvalue weighted by Crippen LogP contribution is 2.43. The van der Waals surface area contributed by atoms with E-state index in [1.54, 1.807) is 78.7 Å². The van der Waals surface area contributed by atoms with Crippen LogP contribution in [0.5, 0.6) is 34.5 Å². The minimum absolute atomic E-state index is 0.0433. The van der Waals surface area contributed by atoms with Crippen molar-refractivity contribution in [1.82, 2.24) is 20.0 Å². The molecule has 5 aliphatic rings. The zero-order chi connectivity index (χ0) is 51.5. The Hall–Kier alpha value is -8.61. The lowest BCUT2D eigenvalue weighted by atomic mass is 10.0. The number of methoxy groups -OCH3 is 2. The zero-order valence-electron chi connectivity index (χ0n) is 41.0. The predicted molar refractivity (Wildman–Crippen MR) is 272 cm³/mol. The number of anilines is 1. The summed E-state index contributed by atoms with van der Waals surface area (Å²) in [6.45, 7) is 9.20. The van der Waals surface area contributed by atoms with Gasteiger partial charge in [0.15, 0.2) is 34.5 Å². The predicted octanol–water partition coefficient (Wildman–Crippen LogP) is 7.86. The van der Waals surface area contributed by atoms with E-state index in [-0.39, 0.29) is 56.4 Å². The molecule has 0 aromatic heterocycles. The summed E-state index contributed by atoms with van der Waals surface area (Å²) in [6.07, 6.45) is 8.87. The van der Waals surface area contributed by atoms with Crippen molar-refractivity contribution in [1.29, 1.82) is 0 Å². The van der Waals surface area contributed by atoms with Crippen LogP contribution in [-0.4, -0.2) is 127 Å². The standard InChI is InChI=1S/C54H55N7O12/c1-7-15-59(54(66)67)49(30(2)3)51(63)57-31(4)50(62)58-36-12-9-32(10-13-36)34-18-37-25-55-41-23-47(44(68-5)21-39(41)52(64)60(37)27-34)70-16-8-17-71-48-24-42-40(22-45(48)69-6)53(65)61-28-35(19-38(61)26-56-42)33-11-14-43-46(20-33)73-29-72-43/h7,9-14,20-28,30-31,37-38,49H,1,8,15-19,29H2,2-6H3,(H,57,63)(H,58,62)(H,66,67)/t31-,37-,38-,49-/m0/s1. The molecule has 0 unspecified atom stereocenters. The van der Waals surface area contributed by atoms with Gasteiger partial charge in [-0.05, 0) is 71.5 Å². The van der Waals surface area contributed by atoms with E-state index in [1.165, 1.54) is 27.2 Å². The van der Waals surface area contributed by atoms with Crippen molar-refractivity contribution >= 4 is 70.4 Å². The van der Waals surface area contributed by atoms with Gasteiger partial charge in [0, 0.05) is 68.5 Å². The smallest absolute Gasteiger partial charge is 0.408 e. The number of hydrogen-bond donors (Lipinski definition) is 3. The number of nitrogens with one attached hydrogen (secondary N) is 2. The minimum Gasteiger partial charge on any atom is -0.493 e. The number of nitrogens with zero attached hydrogens (tertiary/aromatic N) is 5. The normalized spacial score (nSPS) is 17.7. The summed E-state index contributed by atoms with van der Waals surface area (Å²) < 4.78 is 34.7. The lowest BCUT2D eigenvalue weighted by Crippen LogP contribution is -2.55. The van der Waals surface area contributed by atoms with E-state index in [0.717, 1.165) is 27.2 Å². The number of carboxylic acid groups (broad SMARTS) is 1. The highest BCUT2D eigenvalue weighted by molar-refractivity contribution is 6.07. The molecule has 5 heterocycles. The number of amides is 5. The molecule has 5 amide bonds. The molecule has 378 valence electrons. The quantitative estimate of drug-likeness (QED) is 0.0641. The van der Waals surface area contributed by atoms with Gasteiger partial charge in [0.1, 0.15) is 12.1 Å². The Morgan fingerprint density at radius 2 is 1.32 bits per heavy atom. The molecule has 0 bridgehead atoms. The molecule has 9 rings (SSSR count). The van der Waals surface area contributed by atoms with Gasteiger partial charge < -0.3 is 54.0 Å². The first-order valence-electron chi connectivity index (χ1n) is 23.8. The third kappa shape index (κ3) is 10.2. The van der Waals surface area contributed by atoms with E-state index in [9.17, 15) is 29.1 Å². The molecule has 4 aromatic carbocycles. The molecule has 0 saturated carbocycles. The molecule has 19 nitrogen and oxygen atoms in total. The number of ether oxygens (including phenoxy) is 6. The highest BCUT2D eigenvalue weighted by Gasteiger charge is 2.37. The molecular weight excluding hydrogens is 939 g/mol. The molecular formula is C54H55N7O12. The minimum atomic E-state index is -1.26. The molecule has 0 spiro atoms. The second kappa shape index (κ2) is 21.0. The zero-order valence-corrected chi connectivity index (χ0v) is 41.0. The molecule has 0 aliphatic carbocycles. The number of aliphatic imine (C=N–C) groups is 2. The summed E-state index contributed by atoms with van der Waals surface area (Å²) >= 11 is 0. The van der Waals surface area contributed by atoms with Crippen molar-refractivity contribution in [3.63, 3.8) is 0 Å². The largest absolute Gasteiger partial charge is 0.493 e. The fourth-order valence-corrected chi connectivity index (χ4v) is 9.30. The molecule has 0 fully saturated rings. The lowest BCUT2D eigenvalue weighted by Gasteiger charge is -2.31. The van der Waals surface area contributed by atoms with Crippen molar-refractivity contribution in [3.05, 3.63) is 114 Å². The van der Waals surface area contributed by atoms with Crippen LogP contribution in [-0.2, 0) is 9.59 Å². The molecule has 5 aliphatic heterocycles. The van der Waals surface area contributed by atoms with Gasteiger partial charge in [0.05, 0.1) is 62.0 Å². The van der Waals surface area contributed by atoms with Crippen LogP contribution in [0.1, 0.15) is 71.9 Å². The number of hydrogen-bond acceptors (Lipinski definition) is 13. The number of rotatable bonds is 18. The van der Waals surface area contributed by atoms with Crippen LogP contribution in [0.3, 0.4) is 0 Å². The fraction of sp³-hybridized carbons (Fsp3) is 0.315. The maximum atomic E-state index is 14.1. The van der Waals surface area contributed by atoms with Gasteiger partial charge in [-0.2, -0.15) is 0 Å². The average molecular weight is 994 g/mol. The molecule has 0 radical (unpaired) electrons. The molecule has 0 saturated heterocycles. The first-order valence-corrected chi connectivity index (χ1v) is 23.8. The van der Waals surface area contributed by atoms with Crippen LogP contribution >= 0.6 is 0 Å². The van der Waals surface area contributed by atoms with Crippen LogP contribution in [0.4, 0.5) is 21.9 Å². The average Bonchev–Trinajstić information content (AvgIpc) is 4.12. The Bertz CT molecular complexity index is 3000. The molecule has 3 N–H and O–H groups in total. The van der Waals surface area contributed by atoms with Gasteiger partial charge in [-0.15, -0.1) is 6.58 Å². The summed E-state index contributed by atoms with van der Waals surface area (Å²) in [5.74, 6) is 1.08. The molecule has 4 atom stereocenters. The van der Waals surface area contributed by atoms with E-state index in [2.05, 4.69) is 17.2 Å². The van der Waals surface area contributed by atoms with Crippen LogP contribution in [0, 0.1) is 5.92 Å². The number of carbonyl (C=O) groups excluding carboxylic acids is 4. The second-order valence-electron chi connectivity index (χ2n) is 18.2. The first-order chi connectivity index (χ1) is 35.2. The van der Waals surface area contributed by atoms with Crippen molar-refractivity contribution in [3.8, 4) is 34.5 Å². The first kappa shape index (κ1) is 49.4. The van der Waals surface area contributed by atoms with E-state index in [1.807, 2.05) is 36.5 Å². The summed E-state index contributed by atoms with van der Waals surface area (Å²) in [6, 6.07) is 17.0. The van der Waals surface area contributed by atoms with Crippen molar-refractivity contribution < 1.29 is 57.5 Å². The third-order valence-corrected chi connectivity index (χ3v) is 13.1. The van der Waals surface area contributed by atoms with Crippen molar-refractivity contribution in [2.24, 2.45) is 15.9 Å². The van der Waals surface area contributed by atoms with Gasteiger partial charge in [-0.25, -0.2) is 4.79 Å². The SMILES string of the molecule is C=CCN(C(=O)O)[C@H](C(=O)N[C@@H](C)C(=O)Nc1ccc(C2=CN3C(=O)c4cc(OC)c(OCCCOc5cc6c(cc5OC)C(=O)N5C=C(c7ccc8c(c7)OCO8)C[C@H]5C=N6)cc4N=C[C@@H]3C2)cc1)C(C)C.